The Balaban J connectivity index is 0.00000162. The molecule has 0 radical (unpaired) electrons. The van der Waals surface area contributed by atoms with Gasteiger partial charge in [0, 0.05) is 18.5 Å². The number of amides is 1. The van der Waals surface area contributed by atoms with E-state index in [0.29, 0.717) is 13.1 Å². The molecule has 0 bridgehead atoms. The molecule has 1 fully saturated rings. The van der Waals surface area contributed by atoms with Crippen LogP contribution < -0.4 is 5.73 Å². The van der Waals surface area contributed by atoms with Crippen LogP contribution in [0.5, 0.6) is 0 Å². The highest BCUT2D eigenvalue weighted by molar-refractivity contribution is 7.09. The zero-order chi connectivity index (χ0) is 12.3. The summed E-state index contributed by atoms with van der Waals surface area (Å²) >= 11 is 1.69. The molecule has 1 aliphatic carbocycles. The fraction of sp³-hybridized carbons (Fsp3) is 0.615. The van der Waals surface area contributed by atoms with Gasteiger partial charge in [0.15, 0.2) is 0 Å². The number of carbonyl (C=O) groups is 1. The SMILES string of the molecule is CN(Cc1cccs1)C(=O)C1(CN)CCCC1.Cl. The summed E-state index contributed by atoms with van der Waals surface area (Å²) in [5.74, 6) is 0.228. The molecule has 0 saturated heterocycles. The van der Waals surface area contributed by atoms with Gasteiger partial charge < -0.3 is 10.6 Å². The molecule has 0 aliphatic heterocycles. The molecule has 0 unspecified atom stereocenters. The first-order valence-corrected chi connectivity index (χ1v) is 7.04. The second-order valence-corrected chi connectivity index (χ2v) is 5.96. The predicted molar refractivity (Wildman–Crippen MR) is 78.0 cm³/mol. The molecule has 0 aromatic carbocycles. The maximum absolute atomic E-state index is 12.5. The number of nitrogens with two attached hydrogens (primary N) is 1. The van der Waals surface area contributed by atoms with Crippen LogP contribution in [-0.4, -0.2) is 24.4 Å². The molecule has 5 heteroatoms. The molecule has 1 aromatic heterocycles. The van der Waals surface area contributed by atoms with Gasteiger partial charge in [-0.25, -0.2) is 0 Å². The number of nitrogens with zero attached hydrogens (tertiary/aromatic N) is 1. The van der Waals surface area contributed by atoms with Gasteiger partial charge >= 0.3 is 0 Å². The van der Waals surface area contributed by atoms with E-state index in [4.69, 9.17) is 5.73 Å². The Morgan fingerprint density at radius 2 is 2.17 bits per heavy atom. The standard InChI is InChI=1S/C13H20N2OS.ClH/c1-15(9-11-5-4-8-17-11)12(16)13(10-14)6-2-3-7-13;/h4-5,8H,2-3,6-7,9-10,14H2,1H3;1H. The number of carbonyl (C=O) groups excluding carboxylic acids is 1. The highest BCUT2D eigenvalue weighted by atomic mass is 35.5. The summed E-state index contributed by atoms with van der Waals surface area (Å²) in [6, 6.07) is 4.09. The van der Waals surface area contributed by atoms with Crippen molar-refractivity contribution >= 4 is 29.7 Å². The maximum Gasteiger partial charge on any atom is 0.230 e. The van der Waals surface area contributed by atoms with Crippen molar-refractivity contribution in [3.8, 4) is 0 Å². The number of hydrogen-bond acceptors (Lipinski definition) is 3. The van der Waals surface area contributed by atoms with Crippen molar-refractivity contribution in [3.63, 3.8) is 0 Å². The van der Waals surface area contributed by atoms with Gasteiger partial charge in [-0.05, 0) is 24.3 Å². The molecule has 2 N–H and O–H groups in total. The van der Waals surface area contributed by atoms with Crippen LogP contribution in [0.4, 0.5) is 0 Å². The van der Waals surface area contributed by atoms with Crippen molar-refractivity contribution in [2.24, 2.45) is 11.1 Å². The van der Waals surface area contributed by atoms with Gasteiger partial charge in [0.2, 0.25) is 5.91 Å². The smallest absolute Gasteiger partial charge is 0.230 e. The first-order valence-electron chi connectivity index (χ1n) is 6.16. The minimum absolute atomic E-state index is 0. The highest BCUT2D eigenvalue weighted by Crippen LogP contribution is 2.38. The summed E-state index contributed by atoms with van der Waals surface area (Å²) in [5, 5.41) is 2.04. The Labute approximate surface area is 119 Å². The van der Waals surface area contributed by atoms with E-state index in [1.54, 1.807) is 11.3 Å². The lowest BCUT2D eigenvalue weighted by Gasteiger charge is -2.31. The van der Waals surface area contributed by atoms with E-state index < -0.39 is 0 Å². The molecule has 0 spiro atoms. The fourth-order valence-electron chi connectivity index (χ4n) is 2.67. The third-order valence-corrected chi connectivity index (χ3v) is 4.59. The molecule has 1 aromatic rings. The monoisotopic (exact) mass is 288 g/mol. The Morgan fingerprint density at radius 1 is 1.50 bits per heavy atom. The van der Waals surface area contributed by atoms with Crippen molar-refractivity contribution in [1.82, 2.24) is 4.90 Å². The summed E-state index contributed by atoms with van der Waals surface area (Å²) in [4.78, 5) is 15.5. The summed E-state index contributed by atoms with van der Waals surface area (Å²) in [6.07, 6.45) is 4.18. The van der Waals surface area contributed by atoms with E-state index in [2.05, 4.69) is 6.07 Å². The number of halogens is 1. The first-order chi connectivity index (χ1) is 8.18. The van der Waals surface area contributed by atoms with Crippen LogP contribution in [0.15, 0.2) is 17.5 Å². The van der Waals surface area contributed by atoms with Gasteiger partial charge in [-0.3, -0.25) is 4.79 Å². The average Bonchev–Trinajstić information content (AvgIpc) is 2.99. The van der Waals surface area contributed by atoms with E-state index in [9.17, 15) is 4.79 Å². The molecular formula is C13H21ClN2OS. The van der Waals surface area contributed by atoms with Crippen molar-refractivity contribution in [2.75, 3.05) is 13.6 Å². The van der Waals surface area contributed by atoms with Crippen LogP contribution in [0.3, 0.4) is 0 Å². The Morgan fingerprint density at radius 3 is 2.67 bits per heavy atom. The summed E-state index contributed by atoms with van der Waals surface area (Å²) < 4.78 is 0. The maximum atomic E-state index is 12.5. The number of thiophene rings is 1. The molecule has 3 nitrogen and oxygen atoms in total. The van der Waals surface area contributed by atoms with Gasteiger partial charge in [0.05, 0.1) is 12.0 Å². The van der Waals surface area contributed by atoms with E-state index in [0.717, 1.165) is 25.7 Å². The third-order valence-electron chi connectivity index (χ3n) is 3.72. The van der Waals surface area contributed by atoms with Crippen LogP contribution >= 0.6 is 23.7 Å². The average molecular weight is 289 g/mol. The number of rotatable bonds is 4. The van der Waals surface area contributed by atoms with Gasteiger partial charge in [0.25, 0.3) is 0 Å². The number of hydrogen-bond donors (Lipinski definition) is 1. The molecule has 1 heterocycles. The molecule has 0 atom stereocenters. The van der Waals surface area contributed by atoms with E-state index >= 15 is 0 Å². The van der Waals surface area contributed by atoms with Crippen LogP contribution in [0.2, 0.25) is 0 Å². The van der Waals surface area contributed by atoms with Crippen LogP contribution in [-0.2, 0) is 11.3 Å². The van der Waals surface area contributed by atoms with Crippen LogP contribution in [0.1, 0.15) is 30.6 Å². The quantitative estimate of drug-likeness (QED) is 0.926. The van der Waals surface area contributed by atoms with Gasteiger partial charge in [-0.1, -0.05) is 18.9 Å². The zero-order valence-corrected chi connectivity index (χ0v) is 12.4. The third kappa shape index (κ3) is 3.05. The van der Waals surface area contributed by atoms with Gasteiger partial charge in [-0.2, -0.15) is 0 Å². The molecule has 2 rings (SSSR count). The van der Waals surface area contributed by atoms with Crippen molar-refractivity contribution in [1.29, 1.82) is 0 Å². The minimum Gasteiger partial charge on any atom is -0.340 e. The Kier molecular flexibility index (Phi) is 5.63. The largest absolute Gasteiger partial charge is 0.340 e. The molecule has 18 heavy (non-hydrogen) atoms. The first kappa shape index (κ1) is 15.5. The van der Waals surface area contributed by atoms with Crippen LogP contribution in [0, 0.1) is 5.41 Å². The summed E-state index contributed by atoms with van der Waals surface area (Å²) in [7, 11) is 1.89. The molecular weight excluding hydrogens is 268 g/mol. The van der Waals surface area contributed by atoms with E-state index in [-0.39, 0.29) is 23.7 Å². The van der Waals surface area contributed by atoms with Crippen LogP contribution in [0.25, 0.3) is 0 Å². The minimum atomic E-state index is -0.272. The molecule has 102 valence electrons. The highest BCUT2D eigenvalue weighted by Gasteiger charge is 2.41. The lowest BCUT2D eigenvalue weighted by Crippen LogP contribution is -2.44. The topological polar surface area (TPSA) is 46.3 Å². The van der Waals surface area contributed by atoms with E-state index in [1.165, 1.54) is 4.88 Å². The lowest BCUT2D eigenvalue weighted by atomic mass is 9.85. The Hall–Kier alpha value is -0.580. The fourth-order valence-corrected chi connectivity index (χ4v) is 3.43. The second kappa shape index (κ2) is 6.55. The van der Waals surface area contributed by atoms with E-state index in [1.807, 2.05) is 23.4 Å². The van der Waals surface area contributed by atoms with Crippen molar-refractivity contribution in [3.05, 3.63) is 22.4 Å². The summed E-state index contributed by atoms with van der Waals surface area (Å²) in [6.45, 7) is 1.19. The van der Waals surface area contributed by atoms with Crippen molar-refractivity contribution < 1.29 is 4.79 Å². The molecule has 1 aliphatic rings. The lowest BCUT2D eigenvalue weighted by molar-refractivity contribution is -0.140. The summed E-state index contributed by atoms with van der Waals surface area (Å²) in [5.41, 5.74) is 5.56. The normalized spacial score (nSPS) is 17.2. The molecule has 1 saturated carbocycles. The van der Waals surface area contributed by atoms with Gasteiger partial charge in [-0.15, -0.1) is 23.7 Å². The van der Waals surface area contributed by atoms with Gasteiger partial charge in [0.1, 0.15) is 0 Å². The second-order valence-electron chi connectivity index (χ2n) is 4.93. The predicted octanol–water partition coefficient (Wildman–Crippen LogP) is 2.65. The molecule has 1 amide bonds. The Bertz CT molecular complexity index is 374. The zero-order valence-electron chi connectivity index (χ0n) is 10.7. The van der Waals surface area contributed by atoms with Crippen molar-refractivity contribution in [2.45, 2.75) is 32.2 Å².